The number of thioether (sulfide) groups is 1. The van der Waals surface area contributed by atoms with Gasteiger partial charge in [0.25, 0.3) is 0 Å². The Labute approximate surface area is 133 Å². The average Bonchev–Trinajstić information content (AvgIpc) is 2.89. The number of benzene rings is 1. The van der Waals surface area contributed by atoms with Crippen LogP contribution >= 0.6 is 11.8 Å². The summed E-state index contributed by atoms with van der Waals surface area (Å²) in [6.45, 7) is 4.49. The molecule has 1 aliphatic heterocycles. The van der Waals surface area contributed by atoms with E-state index in [1.165, 1.54) is 17.3 Å². The first-order valence-corrected chi connectivity index (χ1v) is 8.09. The first-order chi connectivity index (χ1) is 10.5. The van der Waals surface area contributed by atoms with Crippen LogP contribution in [-0.2, 0) is 11.2 Å². The monoisotopic (exact) mass is 314 g/mol. The van der Waals surface area contributed by atoms with Gasteiger partial charge in [-0.3, -0.25) is 4.79 Å². The smallest absolute Gasteiger partial charge is 0.240 e. The van der Waals surface area contributed by atoms with Gasteiger partial charge in [0, 0.05) is 24.0 Å². The minimum atomic E-state index is -0.257. The molecular formula is C16H18N4OS. The van der Waals surface area contributed by atoms with Gasteiger partial charge in [0.2, 0.25) is 5.91 Å². The van der Waals surface area contributed by atoms with Gasteiger partial charge in [-0.05, 0) is 31.9 Å². The summed E-state index contributed by atoms with van der Waals surface area (Å²) in [6, 6.07) is 9.76. The van der Waals surface area contributed by atoms with Gasteiger partial charge in [-0.25, -0.2) is 9.97 Å². The lowest BCUT2D eigenvalue weighted by Gasteiger charge is -2.21. The molecule has 6 heteroatoms. The van der Waals surface area contributed by atoms with Gasteiger partial charge in [0.15, 0.2) is 5.16 Å². The third kappa shape index (κ3) is 2.92. The SMILES string of the molecule is Cc1cc(N)nc(SC(C)C(=O)N2CCc3ccccc32)n1. The number of fused-ring (bicyclic) bond motifs is 1. The fraction of sp³-hybridized carbons (Fsp3) is 0.312. The third-order valence-electron chi connectivity index (χ3n) is 3.64. The van der Waals surface area contributed by atoms with Gasteiger partial charge >= 0.3 is 0 Å². The van der Waals surface area contributed by atoms with Crippen LogP contribution in [0.25, 0.3) is 0 Å². The minimum absolute atomic E-state index is 0.0821. The summed E-state index contributed by atoms with van der Waals surface area (Å²) in [5, 5.41) is 0.290. The van der Waals surface area contributed by atoms with E-state index >= 15 is 0 Å². The molecule has 2 N–H and O–H groups in total. The molecule has 0 bridgehead atoms. The van der Waals surface area contributed by atoms with E-state index < -0.39 is 0 Å². The van der Waals surface area contributed by atoms with Crippen molar-refractivity contribution in [2.45, 2.75) is 30.7 Å². The van der Waals surface area contributed by atoms with Gasteiger partial charge < -0.3 is 10.6 Å². The molecule has 5 nitrogen and oxygen atoms in total. The summed E-state index contributed by atoms with van der Waals surface area (Å²) >= 11 is 1.35. The molecule has 1 atom stereocenters. The lowest BCUT2D eigenvalue weighted by Crippen LogP contribution is -2.35. The van der Waals surface area contributed by atoms with Crippen LogP contribution in [0.4, 0.5) is 11.5 Å². The molecule has 22 heavy (non-hydrogen) atoms. The molecule has 1 aliphatic rings. The highest BCUT2D eigenvalue weighted by Crippen LogP contribution is 2.30. The van der Waals surface area contributed by atoms with Crippen molar-refractivity contribution in [2.24, 2.45) is 0 Å². The van der Waals surface area contributed by atoms with E-state index in [0.717, 1.165) is 24.3 Å². The fourth-order valence-electron chi connectivity index (χ4n) is 2.61. The first kappa shape index (κ1) is 14.8. The molecule has 1 unspecified atom stereocenters. The Morgan fingerprint density at radius 2 is 2.14 bits per heavy atom. The number of carbonyl (C=O) groups is 1. The van der Waals surface area contributed by atoms with Crippen molar-refractivity contribution in [1.29, 1.82) is 0 Å². The second-order valence-electron chi connectivity index (χ2n) is 5.35. The minimum Gasteiger partial charge on any atom is -0.384 e. The van der Waals surface area contributed by atoms with Gasteiger partial charge in [-0.1, -0.05) is 30.0 Å². The predicted molar refractivity (Wildman–Crippen MR) is 89.0 cm³/mol. The van der Waals surface area contributed by atoms with Crippen molar-refractivity contribution in [2.75, 3.05) is 17.2 Å². The molecule has 0 saturated carbocycles. The number of nitrogen functional groups attached to an aromatic ring is 1. The molecule has 3 rings (SSSR count). The summed E-state index contributed by atoms with van der Waals surface area (Å²) < 4.78 is 0. The number of aromatic nitrogens is 2. The van der Waals surface area contributed by atoms with E-state index in [1.54, 1.807) is 6.07 Å². The number of para-hydroxylation sites is 1. The molecule has 1 aromatic carbocycles. The molecule has 2 aromatic rings. The quantitative estimate of drug-likeness (QED) is 0.696. The van der Waals surface area contributed by atoms with E-state index in [-0.39, 0.29) is 11.2 Å². The molecule has 2 heterocycles. The maximum atomic E-state index is 12.7. The normalized spacial score (nSPS) is 14.7. The molecular weight excluding hydrogens is 296 g/mol. The Balaban J connectivity index is 1.75. The Morgan fingerprint density at radius 3 is 2.91 bits per heavy atom. The van der Waals surface area contributed by atoms with Crippen molar-refractivity contribution >= 4 is 29.2 Å². The molecule has 114 valence electrons. The highest BCUT2D eigenvalue weighted by Gasteiger charge is 2.28. The molecule has 0 aliphatic carbocycles. The number of anilines is 2. The third-order valence-corrected chi connectivity index (χ3v) is 4.59. The Hall–Kier alpha value is -2.08. The van der Waals surface area contributed by atoms with Crippen molar-refractivity contribution < 1.29 is 4.79 Å². The maximum absolute atomic E-state index is 12.7. The predicted octanol–water partition coefficient (Wildman–Crippen LogP) is 2.44. The van der Waals surface area contributed by atoms with Crippen LogP contribution in [0.1, 0.15) is 18.2 Å². The Kier molecular flexibility index (Phi) is 4.02. The topological polar surface area (TPSA) is 72.1 Å². The number of carbonyl (C=O) groups excluding carboxylic acids is 1. The van der Waals surface area contributed by atoms with Crippen LogP contribution in [0, 0.1) is 6.92 Å². The summed E-state index contributed by atoms with van der Waals surface area (Å²) in [5.74, 6) is 0.514. The van der Waals surface area contributed by atoms with E-state index in [2.05, 4.69) is 16.0 Å². The summed E-state index contributed by atoms with van der Waals surface area (Å²) in [5.41, 5.74) is 8.79. The summed E-state index contributed by atoms with van der Waals surface area (Å²) in [4.78, 5) is 23.1. The zero-order chi connectivity index (χ0) is 15.7. The number of amides is 1. The lowest BCUT2D eigenvalue weighted by molar-refractivity contribution is -0.117. The van der Waals surface area contributed by atoms with E-state index in [4.69, 9.17) is 5.73 Å². The van der Waals surface area contributed by atoms with Gasteiger partial charge in [-0.15, -0.1) is 0 Å². The highest BCUT2D eigenvalue weighted by atomic mass is 32.2. The first-order valence-electron chi connectivity index (χ1n) is 7.21. The second-order valence-corrected chi connectivity index (χ2v) is 6.65. The number of nitrogens with two attached hydrogens (primary N) is 1. The number of aryl methyl sites for hydroxylation is 1. The van der Waals surface area contributed by atoms with E-state index in [1.807, 2.05) is 36.9 Å². The van der Waals surface area contributed by atoms with Crippen LogP contribution in [0.2, 0.25) is 0 Å². The summed E-state index contributed by atoms with van der Waals surface area (Å²) in [6.07, 6.45) is 0.910. The van der Waals surface area contributed by atoms with E-state index in [0.29, 0.717) is 11.0 Å². The molecule has 1 aromatic heterocycles. The molecule has 1 amide bonds. The maximum Gasteiger partial charge on any atom is 0.240 e. The zero-order valence-corrected chi connectivity index (χ0v) is 13.4. The van der Waals surface area contributed by atoms with Crippen LogP contribution in [0.3, 0.4) is 0 Å². The van der Waals surface area contributed by atoms with Crippen molar-refractivity contribution in [3.05, 3.63) is 41.6 Å². The van der Waals surface area contributed by atoms with Crippen molar-refractivity contribution in [3.8, 4) is 0 Å². The highest BCUT2D eigenvalue weighted by molar-refractivity contribution is 8.00. The number of nitrogens with zero attached hydrogens (tertiary/aromatic N) is 3. The van der Waals surface area contributed by atoms with E-state index in [9.17, 15) is 4.79 Å². The molecule has 0 fully saturated rings. The van der Waals surface area contributed by atoms with Crippen molar-refractivity contribution in [1.82, 2.24) is 9.97 Å². The summed E-state index contributed by atoms with van der Waals surface area (Å²) in [7, 11) is 0. The van der Waals surface area contributed by atoms with Crippen molar-refractivity contribution in [3.63, 3.8) is 0 Å². The second kappa shape index (κ2) is 5.96. The fourth-order valence-corrected chi connectivity index (χ4v) is 3.51. The zero-order valence-electron chi connectivity index (χ0n) is 12.6. The van der Waals surface area contributed by atoms with Crippen LogP contribution in [0.5, 0.6) is 0 Å². The van der Waals surface area contributed by atoms with Gasteiger partial charge in [0.1, 0.15) is 5.82 Å². The number of rotatable bonds is 3. The Morgan fingerprint density at radius 1 is 1.36 bits per heavy atom. The lowest BCUT2D eigenvalue weighted by atomic mass is 10.2. The standard InChI is InChI=1S/C16H18N4OS/c1-10-9-14(17)19-16(18-10)22-11(2)15(21)20-8-7-12-5-3-4-6-13(12)20/h3-6,9,11H,7-8H2,1-2H3,(H2,17,18,19). The van der Waals surface area contributed by atoms with Crippen LogP contribution in [-0.4, -0.2) is 27.7 Å². The Bertz CT molecular complexity index is 699. The van der Waals surface area contributed by atoms with Gasteiger partial charge in [-0.2, -0.15) is 0 Å². The molecule has 0 radical (unpaired) electrons. The van der Waals surface area contributed by atoms with Crippen LogP contribution in [0.15, 0.2) is 35.5 Å². The number of hydrogen-bond acceptors (Lipinski definition) is 5. The molecule has 0 saturated heterocycles. The largest absolute Gasteiger partial charge is 0.384 e. The number of hydrogen-bond donors (Lipinski definition) is 1. The van der Waals surface area contributed by atoms with Crippen LogP contribution < -0.4 is 10.6 Å². The molecule has 0 spiro atoms. The van der Waals surface area contributed by atoms with Gasteiger partial charge in [0.05, 0.1) is 5.25 Å². The average molecular weight is 314 g/mol.